The van der Waals surface area contributed by atoms with Crippen molar-refractivity contribution in [1.29, 1.82) is 0 Å². The third kappa shape index (κ3) is 2.65. The number of aromatic nitrogens is 1. The van der Waals surface area contributed by atoms with Crippen molar-refractivity contribution in [3.8, 4) is 0 Å². The highest BCUT2D eigenvalue weighted by Crippen LogP contribution is 2.21. The summed E-state index contributed by atoms with van der Waals surface area (Å²) in [6.07, 6.45) is 1.71. The molecule has 1 unspecified atom stereocenters. The molecule has 0 aliphatic heterocycles. The number of ether oxygens (including phenoxy) is 1. The summed E-state index contributed by atoms with van der Waals surface area (Å²) in [5.41, 5.74) is 8.91. The van der Waals surface area contributed by atoms with Gasteiger partial charge in [-0.2, -0.15) is 0 Å². The number of hydrogen-bond acceptors (Lipinski definition) is 4. The Labute approximate surface area is 101 Å². The fourth-order valence-corrected chi connectivity index (χ4v) is 1.74. The predicted molar refractivity (Wildman–Crippen MR) is 66.8 cm³/mol. The Bertz CT molecular complexity index is 493. The molecule has 0 fully saturated rings. The van der Waals surface area contributed by atoms with Crippen molar-refractivity contribution in [2.24, 2.45) is 5.73 Å². The van der Waals surface area contributed by atoms with E-state index in [4.69, 9.17) is 14.9 Å². The van der Waals surface area contributed by atoms with Gasteiger partial charge in [0.25, 0.3) is 0 Å². The van der Waals surface area contributed by atoms with Gasteiger partial charge in [-0.15, -0.1) is 0 Å². The second-order valence-electron chi connectivity index (χ2n) is 4.10. The quantitative estimate of drug-likeness (QED) is 0.863. The van der Waals surface area contributed by atoms with Gasteiger partial charge in [0, 0.05) is 13.7 Å². The first kappa shape index (κ1) is 12.1. The number of hydrogen-bond donors (Lipinski definition) is 1. The fourth-order valence-electron chi connectivity index (χ4n) is 1.74. The zero-order valence-electron chi connectivity index (χ0n) is 10.3. The fraction of sp³-hybridized carbons (Fsp3) is 0.462. The van der Waals surface area contributed by atoms with E-state index in [9.17, 15) is 0 Å². The smallest absolute Gasteiger partial charge is 0.212 e. The van der Waals surface area contributed by atoms with Gasteiger partial charge in [-0.1, -0.05) is 13.0 Å². The van der Waals surface area contributed by atoms with Crippen LogP contribution in [0, 0.1) is 0 Å². The zero-order chi connectivity index (χ0) is 12.3. The molecule has 0 amide bonds. The lowest BCUT2D eigenvalue weighted by Gasteiger charge is -2.05. The van der Waals surface area contributed by atoms with E-state index >= 15 is 0 Å². The molecule has 1 atom stereocenters. The van der Waals surface area contributed by atoms with Crippen LogP contribution in [0.3, 0.4) is 0 Å². The molecule has 4 nitrogen and oxygen atoms in total. The topological polar surface area (TPSA) is 61.3 Å². The van der Waals surface area contributed by atoms with Crippen molar-refractivity contribution in [3.05, 3.63) is 29.7 Å². The highest BCUT2D eigenvalue weighted by Gasteiger charge is 2.13. The maximum atomic E-state index is 5.98. The molecule has 2 N–H and O–H groups in total. The molecular formula is C13H18N2O2. The molecule has 0 spiro atoms. The van der Waals surface area contributed by atoms with E-state index < -0.39 is 0 Å². The molecule has 0 saturated carbocycles. The van der Waals surface area contributed by atoms with Crippen LogP contribution in [0.5, 0.6) is 0 Å². The summed E-state index contributed by atoms with van der Waals surface area (Å²) in [6, 6.07) is 5.85. The van der Waals surface area contributed by atoms with Crippen molar-refractivity contribution in [3.63, 3.8) is 0 Å². The Morgan fingerprint density at radius 2 is 2.29 bits per heavy atom. The van der Waals surface area contributed by atoms with Gasteiger partial charge < -0.3 is 14.9 Å². The van der Waals surface area contributed by atoms with Crippen LogP contribution in [-0.4, -0.2) is 18.7 Å². The summed E-state index contributed by atoms with van der Waals surface area (Å²) in [4.78, 5) is 4.43. The molecule has 92 valence electrons. The normalized spacial score (nSPS) is 13.1. The van der Waals surface area contributed by atoms with Crippen LogP contribution in [0.4, 0.5) is 0 Å². The van der Waals surface area contributed by atoms with Crippen LogP contribution in [0.15, 0.2) is 22.6 Å². The van der Waals surface area contributed by atoms with E-state index in [2.05, 4.69) is 18.0 Å². The summed E-state index contributed by atoms with van der Waals surface area (Å²) < 4.78 is 10.6. The Morgan fingerprint density at radius 3 is 3.00 bits per heavy atom. The van der Waals surface area contributed by atoms with Crippen molar-refractivity contribution in [2.75, 3.05) is 13.7 Å². The van der Waals surface area contributed by atoms with E-state index in [-0.39, 0.29) is 6.04 Å². The van der Waals surface area contributed by atoms with E-state index in [1.165, 1.54) is 5.56 Å². The van der Waals surface area contributed by atoms with Crippen molar-refractivity contribution >= 4 is 11.1 Å². The number of nitrogens with zero attached hydrogens (tertiary/aromatic N) is 1. The Kier molecular flexibility index (Phi) is 3.76. The minimum Gasteiger partial charge on any atom is -0.439 e. The summed E-state index contributed by atoms with van der Waals surface area (Å²) in [5.74, 6) is 0.588. The van der Waals surface area contributed by atoms with Gasteiger partial charge in [-0.25, -0.2) is 4.98 Å². The first-order chi connectivity index (χ1) is 8.24. The zero-order valence-corrected chi connectivity index (χ0v) is 10.3. The lowest BCUT2D eigenvalue weighted by Crippen LogP contribution is -2.12. The molecule has 1 aromatic heterocycles. The van der Waals surface area contributed by atoms with Crippen LogP contribution in [-0.2, 0) is 11.2 Å². The van der Waals surface area contributed by atoms with Crippen LogP contribution >= 0.6 is 0 Å². The molecule has 17 heavy (non-hydrogen) atoms. The minimum atomic E-state index is -0.201. The van der Waals surface area contributed by atoms with Gasteiger partial charge in [0.2, 0.25) is 5.89 Å². The first-order valence-corrected chi connectivity index (χ1v) is 5.88. The van der Waals surface area contributed by atoms with Gasteiger partial charge in [-0.05, 0) is 30.5 Å². The minimum absolute atomic E-state index is 0.201. The number of methoxy groups -OCH3 is 1. The first-order valence-electron chi connectivity index (χ1n) is 5.88. The van der Waals surface area contributed by atoms with E-state index in [1.54, 1.807) is 7.11 Å². The maximum absolute atomic E-state index is 5.98. The average Bonchev–Trinajstić information content (AvgIpc) is 2.78. The summed E-state index contributed by atoms with van der Waals surface area (Å²) in [7, 11) is 1.66. The number of benzene rings is 1. The largest absolute Gasteiger partial charge is 0.439 e. The summed E-state index contributed by atoms with van der Waals surface area (Å²) in [6.45, 7) is 2.73. The number of aryl methyl sites for hydroxylation is 1. The molecule has 2 rings (SSSR count). The third-order valence-electron chi connectivity index (χ3n) is 2.83. The predicted octanol–water partition coefficient (Wildman–Crippen LogP) is 2.43. The number of oxazole rings is 1. The molecular weight excluding hydrogens is 216 g/mol. The van der Waals surface area contributed by atoms with Crippen LogP contribution in [0.1, 0.15) is 30.8 Å². The van der Waals surface area contributed by atoms with Crippen molar-refractivity contribution in [1.82, 2.24) is 4.98 Å². The number of nitrogens with two attached hydrogens (primary N) is 1. The maximum Gasteiger partial charge on any atom is 0.212 e. The second-order valence-corrected chi connectivity index (χ2v) is 4.10. The van der Waals surface area contributed by atoms with Gasteiger partial charge in [-0.3, -0.25) is 0 Å². The highest BCUT2D eigenvalue weighted by atomic mass is 16.5. The van der Waals surface area contributed by atoms with E-state index in [0.717, 1.165) is 17.5 Å². The molecule has 0 aliphatic rings. The molecule has 0 radical (unpaired) electrons. The lowest BCUT2D eigenvalue weighted by molar-refractivity contribution is 0.184. The lowest BCUT2D eigenvalue weighted by atomic mass is 10.1. The van der Waals surface area contributed by atoms with E-state index in [1.807, 2.05) is 12.1 Å². The molecule has 1 aromatic carbocycles. The van der Waals surface area contributed by atoms with Crippen LogP contribution < -0.4 is 5.73 Å². The molecule has 4 heteroatoms. The van der Waals surface area contributed by atoms with Crippen LogP contribution in [0.2, 0.25) is 0 Å². The summed E-state index contributed by atoms with van der Waals surface area (Å²) in [5, 5.41) is 0. The average molecular weight is 234 g/mol. The van der Waals surface area contributed by atoms with Gasteiger partial charge in [0.1, 0.15) is 5.52 Å². The Hall–Kier alpha value is -1.39. The monoisotopic (exact) mass is 234 g/mol. The third-order valence-corrected chi connectivity index (χ3v) is 2.83. The highest BCUT2D eigenvalue weighted by molar-refractivity contribution is 5.73. The van der Waals surface area contributed by atoms with Gasteiger partial charge >= 0.3 is 0 Å². The molecule has 0 aliphatic carbocycles. The molecule has 1 heterocycles. The van der Waals surface area contributed by atoms with Crippen LogP contribution in [0.25, 0.3) is 11.1 Å². The second kappa shape index (κ2) is 5.29. The van der Waals surface area contributed by atoms with E-state index in [0.29, 0.717) is 18.9 Å². The van der Waals surface area contributed by atoms with Gasteiger partial charge in [0.05, 0.1) is 6.04 Å². The molecule has 0 saturated heterocycles. The summed E-state index contributed by atoms with van der Waals surface area (Å²) >= 11 is 0. The molecule has 2 aromatic rings. The Balaban J connectivity index is 2.24. The molecule has 0 bridgehead atoms. The van der Waals surface area contributed by atoms with Crippen molar-refractivity contribution < 1.29 is 9.15 Å². The van der Waals surface area contributed by atoms with Crippen molar-refractivity contribution in [2.45, 2.75) is 25.8 Å². The number of fused-ring (bicyclic) bond motifs is 1. The van der Waals surface area contributed by atoms with Gasteiger partial charge in [0.15, 0.2) is 5.58 Å². The Morgan fingerprint density at radius 1 is 1.47 bits per heavy atom. The SMILES string of the molecule is CCc1ccc2oc(C(N)CCOC)nc2c1. The standard InChI is InChI=1S/C13H18N2O2/c1-3-9-4-5-12-11(8-9)15-13(17-12)10(14)6-7-16-2/h4-5,8,10H,3,6-7,14H2,1-2H3. The number of rotatable bonds is 5.